The van der Waals surface area contributed by atoms with Crippen molar-refractivity contribution >= 4 is 49.9 Å². The number of nitrogens with one attached hydrogen (secondary N) is 1. The van der Waals surface area contributed by atoms with Crippen molar-refractivity contribution in [3.8, 4) is 0 Å². The number of halogens is 2. The van der Waals surface area contributed by atoms with Crippen LogP contribution in [-0.2, 0) is 10.0 Å². The Bertz CT molecular complexity index is 936. The van der Waals surface area contributed by atoms with E-state index in [9.17, 15) is 8.42 Å². The summed E-state index contributed by atoms with van der Waals surface area (Å²) in [6.45, 7) is 0. The zero-order valence-electron chi connectivity index (χ0n) is 11.0. The van der Waals surface area contributed by atoms with Crippen molar-refractivity contribution in [1.82, 2.24) is 9.97 Å². The van der Waals surface area contributed by atoms with Crippen LogP contribution in [0.2, 0.25) is 10.0 Å². The minimum atomic E-state index is -3.84. The number of rotatable bonds is 3. The van der Waals surface area contributed by atoms with Crippen LogP contribution in [0, 0.1) is 0 Å². The van der Waals surface area contributed by atoms with Gasteiger partial charge in [-0.25, -0.2) is 8.42 Å². The van der Waals surface area contributed by atoms with E-state index >= 15 is 0 Å². The molecule has 2 aromatic carbocycles. The molecule has 3 aromatic rings. The van der Waals surface area contributed by atoms with E-state index < -0.39 is 10.0 Å². The van der Waals surface area contributed by atoms with E-state index in [1.807, 2.05) is 0 Å². The van der Waals surface area contributed by atoms with Crippen molar-refractivity contribution in [3.05, 3.63) is 58.8 Å². The number of nitrogens with zero attached hydrogens (tertiary/aromatic N) is 2. The van der Waals surface area contributed by atoms with Crippen molar-refractivity contribution in [2.24, 2.45) is 0 Å². The molecule has 0 unspecified atom stereocenters. The van der Waals surface area contributed by atoms with E-state index in [4.69, 9.17) is 23.2 Å². The van der Waals surface area contributed by atoms with Crippen LogP contribution in [0.15, 0.2) is 53.7 Å². The Labute approximate surface area is 137 Å². The van der Waals surface area contributed by atoms with E-state index in [-0.39, 0.29) is 14.9 Å². The second-order valence-corrected chi connectivity index (χ2v) is 7.00. The first-order chi connectivity index (χ1) is 10.5. The van der Waals surface area contributed by atoms with Gasteiger partial charge in [-0.2, -0.15) is 0 Å². The first-order valence-corrected chi connectivity index (χ1v) is 8.38. The van der Waals surface area contributed by atoms with Crippen LogP contribution in [0.5, 0.6) is 0 Å². The molecule has 0 atom stereocenters. The average molecular weight is 354 g/mol. The molecule has 5 nitrogen and oxygen atoms in total. The fraction of sp³-hybridized carbons (Fsp3) is 0. The number of sulfonamides is 1. The number of aromatic nitrogens is 2. The smallest absolute Gasteiger partial charge is 0.262 e. The Kier molecular flexibility index (Phi) is 3.90. The summed E-state index contributed by atoms with van der Waals surface area (Å²) in [5.41, 5.74) is 1.38. The van der Waals surface area contributed by atoms with Gasteiger partial charge in [0.25, 0.3) is 10.0 Å². The lowest BCUT2D eigenvalue weighted by Gasteiger charge is -2.10. The summed E-state index contributed by atoms with van der Waals surface area (Å²) in [4.78, 5) is 8.26. The average Bonchev–Trinajstić information content (AvgIpc) is 2.46. The Morgan fingerprint density at radius 1 is 0.955 bits per heavy atom. The van der Waals surface area contributed by atoms with Gasteiger partial charge < -0.3 is 0 Å². The summed E-state index contributed by atoms with van der Waals surface area (Å²) in [5, 5.41) is 0.483. The first kappa shape index (κ1) is 15.0. The topological polar surface area (TPSA) is 72.0 Å². The van der Waals surface area contributed by atoms with Crippen molar-refractivity contribution in [2.45, 2.75) is 4.90 Å². The van der Waals surface area contributed by atoms with Gasteiger partial charge in [0, 0.05) is 22.4 Å². The van der Waals surface area contributed by atoms with Crippen LogP contribution in [-0.4, -0.2) is 18.4 Å². The van der Waals surface area contributed by atoms with Crippen LogP contribution < -0.4 is 4.72 Å². The molecule has 8 heteroatoms. The lowest BCUT2D eigenvalue weighted by molar-refractivity contribution is 0.601. The highest BCUT2D eigenvalue weighted by Crippen LogP contribution is 2.26. The number of hydrogen-bond donors (Lipinski definition) is 1. The standard InChI is InChI=1S/C14H9Cl2N3O2S/c15-9-6-10(16)8-11(7-9)22(20,21)19-13-3-1-2-12-14(13)18-5-4-17-12/h1-8,19H. The molecule has 3 rings (SSSR count). The van der Waals surface area contributed by atoms with Crippen molar-refractivity contribution in [1.29, 1.82) is 0 Å². The second kappa shape index (κ2) is 5.72. The molecule has 22 heavy (non-hydrogen) atoms. The SMILES string of the molecule is O=S(=O)(Nc1cccc2nccnc12)c1cc(Cl)cc(Cl)c1. The summed E-state index contributed by atoms with van der Waals surface area (Å²) in [6, 6.07) is 9.17. The summed E-state index contributed by atoms with van der Waals surface area (Å²) in [6.07, 6.45) is 3.04. The fourth-order valence-corrected chi connectivity index (χ4v) is 3.75. The highest BCUT2D eigenvalue weighted by atomic mass is 35.5. The molecule has 0 saturated carbocycles. The third kappa shape index (κ3) is 2.99. The monoisotopic (exact) mass is 353 g/mol. The number of benzene rings is 2. The van der Waals surface area contributed by atoms with Crippen LogP contribution in [0.3, 0.4) is 0 Å². The number of hydrogen-bond acceptors (Lipinski definition) is 4. The summed E-state index contributed by atoms with van der Waals surface area (Å²) >= 11 is 11.7. The van der Waals surface area contributed by atoms with Crippen molar-refractivity contribution in [3.63, 3.8) is 0 Å². The third-order valence-electron chi connectivity index (χ3n) is 2.89. The highest BCUT2D eigenvalue weighted by molar-refractivity contribution is 7.92. The number of fused-ring (bicyclic) bond motifs is 1. The molecule has 0 bridgehead atoms. The number of anilines is 1. The molecular formula is C14H9Cl2N3O2S. The van der Waals surface area contributed by atoms with E-state index in [2.05, 4.69) is 14.7 Å². The molecule has 0 aliphatic carbocycles. The maximum absolute atomic E-state index is 12.5. The lowest BCUT2D eigenvalue weighted by Crippen LogP contribution is -2.13. The van der Waals surface area contributed by atoms with Crippen LogP contribution in [0.1, 0.15) is 0 Å². The summed E-state index contributed by atoms with van der Waals surface area (Å²) in [5.74, 6) is 0. The quantitative estimate of drug-likeness (QED) is 0.778. The molecular weight excluding hydrogens is 345 g/mol. The van der Waals surface area contributed by atoms with Gasteiger partial charge in [-0.1, -0.05) is 29.3 Å². The van der Waals surface area contributed by atoms with Crippen molar-refractivity contribution in [2.75, 3.05) is 4.72 Å². The molecule has 0 aliphatic heterocycles. The molecule has 0 aliphatic rings. The van der Waals surface area contributed by atoms with Crippen LogP contribution in [0.4, 0.5) is 5.69 Å². The van der Waals surface area contributed by atoms with Gasteiger partial charge in [0.2, 0.25) is 0 Å². The lowest BCUT2D eigenvalue weighted by atomic mass is 10.2. The molecule has 0 radical (unpaired) electrons. The Hall–Kier alpha value is -1.89. The number of para-hydroxylation sites is 1. The predicted molar refractivity (Wildman–Crippen MR) is 86.8 cm³/mol. The van der Waals surface area contributed by atoms with E-state index in [1.165, 1.54) is 30.6 Å². The summed E-state index contributed by atoms with van der Waals surface area (Å²) < 4.78 is 27.4. The second-order valence-electron chi connectivity index (χ2n) is 4.44. The molecule has 0 amide bonds. The van der Waals surface area contributed by atoms with Crippen molar-refractivity contribution < 1.29 is 8.42 Å². The van der Waals surface area contributed by atoms with E-state index in [1.54, 1.807) is 18.2 Å². The zero-order chi connectivity index (χ0) is 15.7. The molecule has 1 N–H and O–H groups in total. The Balaban J connectivity index is 2.07. The fourth-order valence-electron chi connectivity index (χ4n) is 1.96. The van der Waals surface area contributed by atoms with E-state index in [0.717, 1.165) is 0 Å². The largest absolute Gasteiger partial charge is 0.277 e. The Morgan fingerprint density at radius 2 is 1.64 bits per heavy atom. The maximum Gasteiger partial charge on any atom is 0.262 e. The predicted octanol–water partition coefficient (Wildman–Crippen LogP) is 3.74. The van der Waals surface area contributed by atoms with E-state index in [0.29, 0.717) is 16.7 Å². The molecule has 0 spiro atoms. The van der Waals surface area contributed by atoms with Crippen LogP contribution in [0.25, 0.3) is 11.0 Å². The van der Waals surface area contributed by atoms with Gasteiger partial charge in [0.15, 0.2) is 0 Å². The molecule has 1 heterocycles. The van der Waals surface area contributed by atoms with Gasteiger partial charge in [0.05, 0.1) is 16.1 Å². The van der Waals surface area contributed by atoms with Gasteiger partial charge in [-0.3, -0.25) is 14.7 Å². The normalized spacial score (nSPS) is 11.5. The molecule has 112 valence electrons. The van der Waals surface area contributed by atoms with Crippen LogP contribution >= 0.6 is 23.2 Å². The third-order valence-corrected chi connectivity index (χ3v) is 4.67. The van der Waals surface area contributed by atoms with Gasteiger partial charge >= 0.3 is 0 Å². The minimum Gasteiger partial charge on any atom is -0.277 e. The zero-order valence-corrected chi connectivity index (χ0v) is 13.3. The van der Waals surface area contributed by atoms with Gasteiger partial charge in [-0.05, 0) is 30.3 Å². The molecule has 1 aromatic heterocycles. The van der Waals surface area contributed by atoms with Gasteiger partial charge in [0.1, 0.15) is 5.52 Å². The minimum absolute atomic E-state index is 0.0223. The molecule has 0 fully saturated rings. The first-order valence-electron chi connectivity index (χ1n) is 6.14. The van der Waals surface area contributed by atoms with Gasteiger partial charge in [-0.15, -0.1) is 0 Å². The molecule has 0 saturated heterocycles. The Morgan fingerprint density at radius 3 is 2.36 bits per heavy atom. The highest BCUT2D eigenvalue weighted by Gasteiger charge is 2.17. The summed E-state index contributed by atoms with van der Waals surface area (Å²) in [7, 11) is -3.84. The maximum atomic E-state index is 12.5.